The van der Waals surface area contributed by atoms with Crippen molar-refractivity contribution < 1.29 is 33.9 Å². The van der Waals surface area contributed by atoms with E-state index in [-0.39, 0.29) is 28.8 Å². The van der Waals surface area contributed by atoms with E-state index in [0.717, 1.165) is 27.0 Å². The second-order valence-electron chi connectivity index (χ2n) is 8.95. The maximum Gasteiger partial charge on any atom is 0.353 e. The van der Waals surface area contributed by atoms with Crippen LogP contribution in [0.2, 0.25) is 0 Å². The molecule has 2 atom stereocenters. The zero-order valence-electron chi connectivity index (χ0n) is 21.2. The van der Waals surface area contributed by atoms with Gasteiger partial charge in [-0.05, 0) is 18.2 Å². The Morgan fingerprint density at radius 2 is 2.15 bits per heavy atom. The summed E-state index contributed by atoms with van der Waals surface area (Å²) in [6.45, 7) is -0.155. The van der Waals surface area contributed by atoms with E-state index in [4.69, 9.17) is 15.0 Å². The lowest BCUT2D eigenvalue weighted by atomic mass is 10.0. The number of nitrogen functional groups attached to an aromatic ring is 1. The number of hydrogen-bond acceptors (Lipinski definition) is 12. The SMILES string of the molecule is CO/N=C(\C(=O)N[C@@H]1C(=O)N2C(C(=O)O)=C(Sc3ccc4oc5c(CO)cccc5c4c3)CS[C@H]12)c1csc(N)n1. The molecule has 0 saturated carbocycles. The van der Waals surface area contributed by atoms with Gasteiger partial charge in [0, 0.05) is 37.3 Å². The number of aromatic nitrogens is 1. The minimum atomic E-state index is -1.24. The van der Waals surface area contributed by atoms with Crippen molar-refractivity contribution in [3.63, 3.8) is 0 Å². The molecule has 0 unspecified atom stereocenters. The van der Waals surface area contributed by atoms with Gasteiger partial charge in [0.25, 0.3) is 11.8 Å². The van der Waals surface area contributed by atoms with Gasteiger partial charge in [-0.3, -0.25) is 14.5 Å². The molecule has 0 spiro atoms. The lowest BCUT2D eigenvalue weighted by Gasteiger charge is -2.49. The van der Waals surface area contributed by atoms with Crippen LogP contribution in [0, 0.1) is 0 Å². The van der Waals surface area contributed by atoms with Crippen LogP contribution in [0.1, 0.15) is 11.3 Å². The number of furan rings is 1. The van der Waals surface area contributed by atoms with Crippen LogP contribution in [-0.4, -0.2) is 67.9 Å². The summed E-state index contributed by atoms with van der Waals surface area (Å²) in [6.07, 6.45) is 0. The maximum absolute atomic E-state index is 13.2. The summed E-state index contributed by atoms with van der Waals surface area (Å²) in [6, 6.07) is 10.1. The Kier molecular flexibility index (Phi) is 7.11. The number of aliphatic hydroxyl groups is 1. The van der Waals surface area contributed by atoms with E-state index in [1.165, 1.54) is 35.5 Å². The van der Waals surface area contributed by atoms with E-state index < -0.39 is 29.2 Å². The van der Waals surface area contributed by atoms with E-state index in [1.807, 2.05) is 24.3 Å². The molecule has 5 N–H and O–H groups in total. The fraction of sp³-hybridized carbons (Fsp3) is 0.192. The highest BCUT2D eigenvalue weighted by Crippen LogP contribution is 2.46. The number of anilines is 1. The molecular weight excluding hydrogens is 591 g/mol. The normalized spacial score (nSPS) is 18.9. The lowest BCUT2D eigenvalue weighted by Crippen LogP contribution is -2.71. The molecule has 0 bridgehead atoms. The van der Waals surface area contributed by atoms with Crippen LogP contribution in [0.25, 0.3) is 21.9 Å². The van der Waals surface area contributed by atoms with Crippen molar-refractivity contribution in [2.45, 2.75) is 22.9 Å². The summed E-state index contributed by atoms with van der Waals surface area (Å²) in [5.74, 6) is -2.17. The maximum atomic E-state index is 13.2. The predicted octanol–water partition coefficient (Wildman–Crippen LogP) is 2.96. The van der Waals surface area contributed by atoms with Gasteiger partial charge in [-0.25, -0.2) is 9.78 Å². The second-order valence-corrected chi connectivity index (χ2v) is 12.1. The van der Waals surface area contributed by atoms with Crippen molar-refractivity contribution >= 4 is 85.4 Å². The number of carbonyl (C=O) groups excluding carboxylic acids is 2. The number of hydrogen-bond donors (Lipinski definition) is 4. The van der Waals surface area contributed by atoms with Crippen molar-refractivity contribution in [1.29, 1.82) is 0 Å². The van der Waals surface area contributed by atoms with Crippen LogP contribution in [0.5, 0.6) is 0 Å². The molecule has 1 fully saturated rings. The Morgan fingerprint density at radius 1 is 1.32 bits per heavy atom. The number of aliphatic carboxylic acids is 1. The molecule has 4 heterocycles. The first-order valence-electron chi connectivity index (χ1n) is 12.1. The number of nitrogens with one attached hydrogen (secondary N) is 1. The predicted molar refractivity (Wildman–Crippen MR) is 155 cm³/mol. The van der Waals surface area contributed by atoms with Gasteiger partial charge in [-0.2, -0.15) is 0 Å². The minimum Gasteiger partial charge on any atom is -0.477 e. The third-order valence-electron chi connectivity index (χ3n) is 6.55. The van der Waals surface area contributed by atoms with E-state index in [0.29, 0.717) is 27.4 Å². The third-order valence-corrected chi connectivity index (χ3v) is 9.76. The van der Waals surface area contributed by atoms with Crippen LogP contribution in [-0.2, 0) is 25.8 Å². The monoisotopic (exact) mass is 611 g/mol. The fourth-order valence-corrected chi connectivity index (χ4v) is 7.80. The first-order valence-corrected chi connectivity index (χ1v) is 14.8. The molecule has 6 rings (SSSR count). The molecule has 2 amide bonds. The molecule has 4 aromatic rings. The van der Waals surface area contributed by atoms with Crippen LogP contribution in [0.3, 0.4) is 0 Å². The number of carboxylic acids is 1. The van der Waals surface area contributed by atoms with Crippen molar-refractivity contribution in [1.82, 2.24) is 15.2 Å². The van der Waals surface area contributed by atoms with Crippen molar-refractivity contribution in [2.75, 3.05) is 18.6 Å². The number of para-hydroxylation sites is 1. The zero-order chi connectivity index (χ0) is 28.8. The number of fused-ring (bicyclic) bond motifs is 4. The molecule has 12 nitrogen and oxygen atoms in total. The van der Waals surface area contributed by atoms with Gasteiger partial charge in [-0.1, -0.05) is 35.1 Å². The standard InChI is InChI=1S/C26H21N5O7S3/c1-37-30-18(15-9-40-26(27)28-15)22(33)29-19-23(34)31-20(25(35)36)17(10-39-24(19)31)41-12-5-6-16-14(7-12)13-4-2-3-11(8-32)21(13)38-16/h2-7,9,19,24,32H,8,10H2,1H3,(H2,27,28)(H,29,33)(H,35,36)/b30-18-/t19-,24-/m1/s1. The average Bonchev–Trinajstić information content (AvgIpc) is 3.57. The molecule has 2 aromatic heterocycles. The van der Waals surface area contributed by atoms with Crippen LogP contribution < -0.4 is 11.1 Å². The van der Waals surface area contributed by atoms with Crippen LogP contribution >= 0.6 is 34.9 Å². The molecule has 0 aliphatic carbocycles. The topological polar surface area (TPSA) is 181 Å². The molecule has 41 heavy (non-hydrogen) atoms. The number of nitrogens with two attached hydrogens (primary N) is 1. The van der Waals surface area contributed by atoms with Crippen molar-refractivity contribution in [2.24, 2.45) is 5.16 Å². The first-order chi connectivity index (χ1) is 19.8. The molecule has 2 aliphatic heterocycles. The Hall–Kier alpha value is -4.05. The number of oxime groups is 1. The van der Waals surface area contributed by atoms with Crippen LogP contribution in [0.15, 0.2) is 66.8 Å². The van der Waals surface area contributed by atoms with Gasteiger partial charge in [0.15, 0.2) is 10.8 Å². The highest BCUT2D eigenvalue weighted by atomic mass is 32.2. The number of thiazole rings is 1. The number of rotatable bonds is 8. The molecule has 1 saturated heterocycles. The Labute approximate surface area is 244 Å². The molecule has 2 aliphatic rings. The number of benzene rings is 2. The number of carbonyl (C=O) groups is 3. The van der Waals surface area contributed by atoms with E-state index in [2.05, 4.69) is 15.5 Å². The number of β-lactam (4-membered cyclic amide) rings is 1. The molecular formula is C26H21N5O7S3. The van der Waals surface area contributed by atoms with Gasteiger partial charge >= 0.3 is 5.97 Å². The first kappa shape index (κ1) is 27.1. The van der Waals surface area contributed by atoms with E-state index in [1.54, 1.807) is 17.5 Å². The van der Waals surface area contributed by atoms with E-state index >= 15 is 0 Å². The highest BCUT2D eigenvalue weighted by Gasteiger charge is 2.54. The highest BCUT2D eigenvalue weighted by molar-refractivity contribution is 8.06. The summed E-state index contributed by atoms with van der Waals surface area (Å²) in [5.41, 5.74) is 7.52. The summed E-state index contributed by atoms with van der Waals surface area (Å²) in [5, 5.41) is 29.0. The smallest absolute Gasteiger partial charge is 0.353 e. The Balaban J connectivity index is 1.25. The summed E-state index contributed by atoms with van der Waals surface area (Å²) in [7, 11) is 1.28. The summed E-state index contributed by atoms with van der Waals surface area (Å²) >= 11 is 3.73. The fourth-order valence-electron chi connectivity index (χ4n) is 4.74. The van der Waals surface area contributed by atoms with Crippen LogP contribution in [0.4, 0.5) is 5.13 Å². The van der Waals surface area contributed by atoms with Gasteiger partial charge in [-0.15, -0.1) is 23.1 Å². The number of thioether (sulfide) groups is 2. The minimum absolute atomic E-state index is 0.118. The zero-order valence-corrected chi connectivity index (χ0v) is 23.6. The van der Waals surface area contributed by atoms with Gasteiger partial charge in [0.2, 0.25) is 0 Å². The van der Waals surface area contributed by atoms with Gasteiger partial charge in [0.05, 0.1) is 6.61 Å². The van der Waals surface area contributed by atoms with Crippen molar-refractivity contribution in [3.05, 3.63) is 63.6 Å². The van der Waals surface area contributed by atoms with Gasteiger partial charge < -0.3 is 30.5 Å². The Bertz CT molecular complexity index is 1800. The third kappa shape index (κ3) is 4.69. The quantitative estimate of drug-likeness (QED) is 0.131. The molecule has 15 heteroatoms. The number of nitrogens with zero attached hydrogens (tertiary/aromatic N) is 3. The van der Waals surface area contributed by atoms with E-state index in [9.17, 15) is 24.6 Å². The number of carboxylic acid groups (broad SMARTS) is 1. The van der Waals surface area contributed by atoms with Gasteiger partial charge in [0.1, 0.15) is 41.1 Å². The number of amides is 2. The Morgan fingerprint density at radius 3 is 2.85 bits per heavy atom. The van der Waals surface area contributed by atoms with Crippen molar-refractivity contribution in [3.8, 4) is 0 Å². The lowest BCUT2D eigenvalue weighted by molar-refractivity contribution is -0.150. The largest absolute Gasteiger partial charge is 0.477 e. The molecule has 210 valence electrons. The second kappa shape index (κ2) is 10.7. The molecule has 2 aromatic carbocycles. The summed E-state index contributed by atoms with van der Waals surface area (Å²) in [4.78, 5) is 49.8. The summed E-state index contributed by atoms with van der Waals surface area (Å²) < 4.78 is 5.95. The average molecular weight is 612 g/mol. The molecule has 0 radical (unpaired) electrons. The number of aliphatic hydroxyl groups excluding tert-OH is 1.